The molecule has 2 N–H and O–H groups in total. The summed E-state index contributed by atoms with van der Waals surface area (Å²) in [7, 11) is 0. The molecule has 0 bridgehead atoms. The van der Waals surface area contributed by atoms with Gasteiger partial charge in [0.15, 0.2) is 12.4 Å². The minimum atomic E-state index is -4.60. The van der Waals surface area contributed by atoms with E-state index in [4.69, 9.17) is 16.3 Å². The summed E-state index contributed by atoms with van der Waals surface area (Å²) in [6, 6.07) is 8.47. The maximum atomic E-state index is 12.6. The zero-order valence-corrected chi connectivity index (χ0v) is 16.3. The van der Waals surface area contributed by atoms with Crippen LogP contribution in [-0.4, -0.2) is 28.5 Å². The second-order valence-electron chi connectivity index (χ2n) is 6.47. The normalized spacial score (nSPS) is 11.5. The first-order chi connectivity index (χ1) is 14.2. The highest BCUT2D eigenvalue weighted by Crippen LogP contribution is 2.32. The molecule has 0 aliphatic rings. The maximum absolute atomic E-state index is 12.6. The van der Waals surface area contributed by atoms with Crippen molar-refractivity contribution in [2.45, 2.75) is 25.4 Å². The van der Waals surface area contributed by atoms with Gasteiger partial charge >= 0.3 is 12.1 Å². The van der Waals surface area contributed by atoms with Crippen molar-refractivity contribution in [1.82, 2.24) is 9.97 Å². The third kappa shape index (κ3) is 5.50. The van der Waals surface area contributed by atoms with E-state index in [2.05, 4.69) is 15.3 Å². The number of nitrogens with zero attached hydrogens (tertiary/aromatic N) is 1. The molecule has 0 atom stereocenters. The van der Waals surface area contributed by atoms with Gasteiger partial charge < -0.3 is 15.0 Å². The van der Waals surface area contributed by atoms with E-state index in [1.165, 1.54) is 0 Å². The second-order valence-corrected chi connectivity index (χ2v) is 6.88. The molecule has 1 amide bonds. The van der Waals surface area contributed by atoms with E-state index in [1.807, 2.05) is 30.5 Å². The number of alkyl halides is 3. The van der Waals surface area contributed by atoms with E-state index >= 15 is 0 Å². The summed E-state index contributed by atoms with van der Waals surface area (Å²) in [6.07, 6.45) is -0.832. The van der Waals surface area contributed by atoms with Crippen molar-refractivity contribution in [3.8, 4) is 0 Å². The molecule has 0 radical (unpaired) electrons. The summed E-state index contributed by atoms with van der Waals surface area (Å²) in [5.74, 6) is -1.56. The number of hydrogen-bond donors (Lipinski definition) is 2. The molecule has 0 aliphatic heterocycles. The number of carbonyl (C=O) groups excluding carboxylic acids is 2. The molecule has 2 aromatic heterocycles. The zero-order valence-electron chi connectivity index (χ0n) is 15.6. The molecule has 30 heavy (non-hydrogen) atoms. The van der Waals surface area contributed by atoms with Crippen molar-refractivity contribution in [2.24, 2.45) is 0 Å². The molecule has 0 spiro atoms. The molecule has 158 valence electrons. The number of para-hydroxylation sites is 1. The van der Waals surface area contributed by atoms with Crippen molar-refractivity contribution >= 4 is 40.2 Å². The Morgan fingerprint density at radius 3 is 2.73 bits per heavy atom. The average molecular weight is 440 g/mol. The predicted octanol–water partition coefficient (Wildman–Crippen LogP) is 4.74. The van der Waals surface area contributed by atoms with Gasteiger partial charge in [0.25, 0.3) is 5.91 Å². The number of aromatic amines is 1. The SMILES string of the molecule is O=C(COC(=O)CCCc1c[nH]c2ccccc12)Nc1ncc(C(F)(F)F)cc1Cl. The Morgan fingerprint density at radius 1 is 1.23 bits per heavy atom. The number of nitrogens with one attached hydrogen (secondary N) is 2. The first kappa shape index (κ1) is 21.6. The van der Waals surface area contributed by atoms with E-state index < -0.39 is 30.2 Å². The number of H-pyrrole nitrogens is 1. The Hall–Kier alpha value is -3.07. The number of pyridine rings is 1. The third-order valence-corrected chi connectivity index (χ3v) is 4.58. The van der Waals surface area contributed by atoms with Crippen LogP contribution in [0.1, 0.15) is 24.0 Å². The number of carbonyl (C=O) groups is 2. The van der Waals surface area contributed by atoms with Gasteiger partial charge in [0, 0.05) is 29.7 Å². The lowest BCUT2D eigenvalue weighted by Crippen LogP contribution is -2.21. The summed E-state index contributed by atoms with van der Waals surface area (Å²) < 4.78 is 42.7. The molecule has 0 aliphatic carbocycles. The molecule has 2 heterocycles. The smallest absolute Gasteiger partial charge is 0.417 e. The van der Waals surface area contributed by atoms with Gasteiger partial charge in [-0.15, -0.1) is 0 Å². The number of amides is 1. The van der Waals surface area contributed by atoms with Gasteiger partial charge in [-0.25, -0.2) is 4.98 Å². The van der Waals surface area contributed by atoms with Crippen LogP contribution in [-0.2, 0) is 26.9 Å². The zero-order chi connectivity index (χ0) is 21.7. The number of hydrogen-bond acceptors (Lipinski definition) is 4. The van der Waals surface area contributed by atoms with Crippen LogP contribution in [0.15, 0.2) is 42.7 Å². The van der Waals surface area contributed by atoms with Crippen molar-refractivity contribution < 1.29 is 27.5 Å². The molecule has 0 unspecified atom stereocenters. The van der Waals surface area contributed by atoms with E-state index in [-0.39, 0.29) is 17.3 Å². The molecular weight excluding hydrogens is 423 g/mol. The van der Waals surface area contributed by atoms with E-state index in [0.29, 0.717) is 25.1 Å². The lowest BCUT2D eigenvalue weighted by Gasteiger charge is -2.10. The third-order valence-electron chi connectivity index (χ3n) is 4.29. The van der Waals surface area contributed by atoms with Gasteiger partial charge in [0.05, 0.1) is 10.6 Å². The number of rotatable bonds is 7. The number of aromatic nitrogens is 2. The van der Waals surface area contributed by atoms with E-state index in [1.54, 1.807) is 0 Å². The van der Waals surface area contributed by atoms with Crippen molar-refractivity contribution in [2.75, 3.05) is 11.9 Å². The highest BCUT2D eigenvalue weighted by molar-refractivity contribution is 6.33. The molecule has 0 fully saturated rings. The fourth-order valence-corrected chi connectivity index (χ4v) is 3.05. The molecular formula is C20H17ClF3N3O3. The first-order valence-corrected chi connectivity index (χ1v) is 9.35. The Bertz CT molecular complexity index is 1070. The van der Waals surface area contributed by atoms with Crippen LogP contribution in [0.5, 0.6) is 0 Å². The molecule has 1 aromatic carbocycles. The first-order valence-electron chi connectivity index (χ1n) is 8.97. The Morgan fingerprint density at radius 2 is 2.00 bits per heavy atom. The van der Waals surface area contributed by atoms with Crippen LogP contribution >= 0.6 is 11.6 Å². The van der Waals surface area contributed by atoms with Crippen molar-refractivity contribution in [3.05, 3.63) is 58.9 Å². The van der Waals surface area contributed by atoms with Gasteiger partial charge in [-0.2, -0.15) is 13.2 Å². The van der Waals surface area contributed by atoms with Crippen LogP contribution in [0, 0.1) is 0 Å². The molecule has 3 aromatic rings. The number of anilines is 1. The Labute approximate surface area is 174 Å². The largest absolute Gasteiger partial charge is 0.456 e. The van der Waals surface area contributed by atoms with Crippen LogP contribution in [0.3, 0.4) is 0 Å². The fraction of sp³-hybridized carbons (Fsp3) is 0.250. The molecule has 0 saturated carbocycles. The summed E-state index contributed by atoms with van der Waals surface area (Å²) in [6.45, 7) is -0.592. The monoisotopic (exact) mass is 439 g/mol. The highest BCUT2D eigenvalue weighted by Gasteiger charge is 2.31. The molecule has 3 rings (SSSR count). The summed E-state index contributed by atoms with van der Waals surface area (Å²) >= 11 is 5.71. The second kappa shape index (κ2) is 9.17. The molecule has 0 saturated heterocycles. The summed E-state index contributed by atoms with van der Waals surface area (Å²) in [5, 5.41) is 2.93. The van der Waals surface area contributed by atoms with E-state index in [0.717, 1.165) is 16.5 Å². The lowest BCUT2D eigenvalue weighted by atomic mass is 10.1. The number of benzene rings is 1. The number of halogens is 4. The molecule has 6 nitrogen and oxygen atoms in total. The average Bonchev–Trinajstić information content (AvgIpc) is 3.10. The van der Waals surface area contributed by atoms with Crippen LogP contribution in [0.4, 0.5) is 19.0 Å². The quantitative estimate of drug-likeness (QED) is 0.521. The number of fused-ring (bicyclic) bond motifs is 1. The number of ether oxygens (including phenoxy) is 1. The topological polar surface area (TPSA) is 84.1 Å². The van der Waals surface area contributed by atoms with Gasteiger partial charge in [-0.3, -0.25) is 9.59 Å². The van der Waals surface area contributed by atoms with Gasteiger partial charge in [-0.1, -0.05) is 29.8 Å². The lowest BCUT2D eigenvalue weighted by molar-refractivity contribution is -0.147. The van der Waals surface area contributed by atoms with Gasteiger partial charge in [0.2, 0.25) is 0 Å². The molecule has 10 heteroatoms. The van der Waals surface area contributed by atoms with Crippen LogP contribution in [0.25, 0.3) is 10.9 Å². The van der Waals surface area contributed by atoms with Crippen molar-refractivity contribution in [3.63, 3.8) is 0 Å². The van der Waals surface area contributed by atoms with E-state index in [9.17, 15) is 22.8 Å². The maximum Gasteiger partial charge on any atom is 0.417 e. The van der Waals surface area contributed by atoms with Gasteiger partial charge in [-0.05, 0) is 30.5 Å². The summed E-state index contributed by atoms with van der Waals surface area (Å²) in [4.78, 5) is 30.3. The number of esters is 1. The van der Waals surface area contributed by atoms with Crippen LogP contribution < -0.4 is 5.32 Å². The number of aryl methyl sites for hydroxylation is 1. The van der Waals surface area contributed by atoms with Gasteiger partial charge in [0.1, 0.15) is 0 Å². The van der Waals surface area contributed by atoms with Crippen molar-refractivity contribution in [1.29, 1.82) is 0 Å². The highest BCUT2D eigenvalue weighted by atomic mass is 35.5. The fourth-order valence-electron chi connectivity index (χ4n) is 2.83. The van der Waals surface area contributed by atoms with Crippen LogP contribution in [0.2, 0.25) is 5.02 Å². The minimum absolute atomic E-state index is 0.117. The standard InChI is InChI=1S/C20H17ClF3N3O3/c21-15-8-13(20(22,23)24)10-26-19(15)27-17(28)11-30-18(29)7-3-4-12-9-25-16-6-2-1-5-14(12)16/h1-2,5-6,8-10,25H,3-4,7,11H2,(H,26,27,28). The Kier molecular flexibility index (Phi) is 6.61. The minimum Gasteiger partial charge on any atom is -0.456 e. The Balaban J connectivity index is 1.43. The predicted molar refractivity (Wildman–Crippen MR) is 105 cm³/mol. The summed E-state index contributed by atoms with van der Waals surface area (Å²) in [5.41, 5.74) is 1.06.